The van der Waals surface area contributed by atoms with E-state index in [1.165, 1.54) is 62.5 Å². The van der Waals surface area contributed by atoms with Crippen molar-refractivity contribution in [1.29, 1.82) is 0 Å². The molecule has 0 N–H and O–H groups in total. The molecule has 0 aliphatic heterocycles. The van der Waals surface area contributed by atoms with Gasteiger partial charge in [0.2, 0.25) is 5.82 Å². The summed E-state index contributed by atoms with van der Waals surface area (Å²) in [4.78, 5) is 0. The molecule has 232 valence electrons. The van der Waals surface area contributed by atoms with Crippen molar-refractivity contribution in [3.05, 3.63) is 76.9 Å². The third kappa shape index (κ3) is 9.95. The SMILES string of the molecule is CCCCCCOc1ccc(C2CCC(C3CCC(/C=C/CCc4ccc(CCCCC)cc4)CC3)CC2)c(F)c1F. The fourth-order valence-corrected chi connectivity index (χ4v) is 7.39. The van der Waals surface area contributed by atoms with Crippen LogP contribution in [0.4, 0.5) is 8.78 Å². The summed E-state index contributed by atoms with van der Waals surface area (Å²) < 4.78 is 35.3. The number of aryl methyl sites for hydroxylation is 2. The zero-order chi connectivity index (χ0) is 29.6. The van der Waals surface area contributed by atoms with Crippen molar-refractivity contribution >= 4 is 0 Å². The summed E-state index contributed by atoms with van der Waals surface area (Å²) in [7, 11) is 0. The second kappa shape index (κ2) is 17.8. The molecule has 0 radical (unpaired) electrons. The highest BCUT2D eigenvalue weighted by molar-refractivity contribution is 5.33. The number of unbranched alkanes of at least 4 members (excludes halogenated alkanes) is 5. The summed E-state index contributed by atoms with van der Waals surface area (Å²) in [5.74, 6) is 0.989. The van der Waals surface area contributed by atoms with E-state index < -0.39 is 11.6 Å². The molecule has 2 aliphatic rings. The van der Waals surface area contributed by atoms with Crippen molar-refractivity contribution in [3.63, 3.8) is 0 Å². The van der Waals surface area contributed by atoms with Gasteiger partial charge < -0.3 is 4.74 Å². The van der Waals surface area contributed by atoms with Crippen molar-refractivity contribution in [2.75, 3.05) is 6.61 Å². The first-order chi connectivity index (χ1) is 20.6. The van der Waals surface area contributed by atoms with E-state index >= 15 is 4.39 Å². The third-order valence-corrected chi connectivity index (χ3v) is 10.1. The van der Waals surface area contributed by atoms with Crippen LogP contribution in [0.15, 0.2) is 48.6 Å². The summed E-state index contributed by atoms with van der Waals surface area (Å²) in [6.45, 7) is 4.87. The monoisotopic (exact) mass is 578 g/mol. The van der Waals surface area contributed by atoms with Crippen molar-refractivity contribution in [3.8, 4) is 5.75 Å². The lowest BCUT2D eigenvalue weighted by molar-refractivity contribution is 0.170. The van der Waals surface area contributed by atoms with Gasteiger partial charge in [0.05, 0.1) is 6.61 Å². The maximum absolute atomic E-state index is 15.0. The van der Waals surface area contributed by atoms with Gasteiger partial charge in [-0.2, -0.15) is 4.39 Å². The Hall–Kier alpha value is -2.16. The van der Waals surface area contributed by atoms with Gasteiger partial charge in [-0.3, -0.25) is 0 Å². The molecule has 2 aliphatic carbocycles. The van der Waals surface area contributed by atoms with E-state index in [2.05, 4.69) is 50.3 Å². The standard InChI is InChI=1S/C39H56F2O/c1-3-5-7-11-29-42-37-28-27-36(38(40)39(37)41)35-25-23-34(24-26-35)33-21-19-32(20-22-33)14-10-9-13-31-17-15-30(16-18-31)12-8-6-4-2/h10,14-18,27-28,32-35H,3-9,11-13,19-26,29H2,1-2H3/b14-10+. The first kappa shape index (κ1) is 32.7. The topological polar surface area (TPSA) is 9.23 Å². The van der Waals surface area contributed by atoms with Crippen LogP contribution in [0.25, 0.3) is 0 Å². The van der Waals surface area contributed by atoms with Gasteiger partial charge in [-0.05, 0) is 130 Å². The maximum atomic E-state index is 15.0. The van der Waals surface area contributed by atoms with Crippen LogP contribution < -0.4 is 4.74 Å². The number of hydrogen-bond acceptors (Lipinski definition) is 1. The first-order valence-electron chi connectivity index (χ1n) is 17.4. The van der Waals surface area contributed by atoms with Gasteiger partial charge in [-0.25, -0.2) is 4.39 Å². The molecule has 2 aromatic carbocycles. The Morgan fingerprint density at radius 1 is 0.667 bits per heavy atom. The Labute approximate surface area is 255 Å². The van der Waals surface area contributed by atoms with Gasteiger partial charge in [0.25, 0.3) is 0 Å². The molecule has 2 saturated carbocycles. The molecule has 42 heavy (non-hydrogen) atoms. The molecule has 0 saturated heterocycles. The van der Waals surface area contributed by atoms with Gasteiger partial charge in [0.1, 0.15) is 0 Å². The maximum Gasteiger partial charge on any atom is 0.200 e. The highest BCUT2D eigenvalue weighted by Crippen LogP contribution is 2.45. The van der Waals surface area contributed by atoms with Crippen molar-refractivity contribution in [1.82, 2.24) is 0 Å². The van der Waals surface area contributed by atoms with Gasteiger partial charge >= 0.3 is 0 Å². The van der Waals surface area contributed by atoms with E-state index in [0.717, 1.165) is 82.0 Å². The summed E-state index contributed by atoms with van der Waals surface area (Å²) >= 11 is 0. The van der Waals surface area contributed by atoms with Crippen LogP contribution in [0.2, 0.25) is 0 Å². The minimum atomic E-state index is -0.799. The van der Waals surface area contributed by atoms with Crippen LogP contribution in [-0.2, 0) is 12.8 Å². The Morgan fingerprint density at radius 2 is 1.29 bits per heavy atom. The molecule has 4 rings (SSSR count). The smallest absolute Gasteiger partial charge is 0.200 e. The summed E-state index contributed by atoms with van der Waals surface area (Å²) in [6, 6.07) is 12.7. The molecule has 0 atom stereocenters. The molecule has 3 heteroatoms. The molecule has 0 bridgehead atoms. The van der Waals surface area contributed by atoms with Crippen molar-refractivity contribution in [2.24, 2.45) is 17.8 Å². The summed E-state index contributed by atoms with van der Waals surface area (Å²) in [5, 5.41) is 0. The Bertz CT molecular complexity index is 1060. The van der Waals surface area contributed by atoms with E-state index in [1.54, 1.807) is 12.1 Å². The number of rotatable bonds is 16. The predicted molar refractivity (Wildman–Crippen MR) is 173 cm³/mol. The molecule has 2 fully saturated rings. The molecule has 0 spiro atoms. The van der Waals surface area contributed by atoms with E-state index in [4.69, 9.17) is 4.74 Å². The molecule has 0 heterocycles. The van der Waals surface area contributed by atoms with Crippen LogP contribution in [-0.4, -0.2) is 6.61 Å². The summed E-state index contributed by atoms with van der Waals surface area (Å²) in [6.07, 6.45) is 26.0. The average Bonchev–Trinajstić information content (AvgIpc) is 3.02. The Morgan fingerprint density at radius 3 is 1.95 bits per heavy atom. The lowest BCUT2D eigenvalue weighted by Gasteiger charge is -2.37. The van der Waals surface area contributed by atoms with Crippen LogP contribution in [0.5, 0.6) is 5.75 Å². The predicted octanol–water partition coefficient (Wildman–Crippen LogP) is 11.9. The number of hydrogen-bond donors (Lipinski definition) is 0. The second-order valence-corrected chi connectivity index (χ2v) is 13.2. The van der Waals surface area contributed by atoms with Crippen LogP contribution >= 0.6 is 0 Å². The van der Waals surface area contributed by atoms with Gasteiger partial charge in [-0.1, -0.05) is 88.4 Å². The van der Waals surface area contributed by atoms with E-state index in [0.29, 0.717) is 12.2 Å². The number of ether oxygens (including phenoxy) is 1. The van der Waals surface area contributed by atoms with Crippen LogP contribution in [0.3, 0.4) is 0 Å². The normalized spacial score (nSPS) is 23.0. The highest BCUT2D eigenvalue weighted by atomic mass is 19.2. The molecule has 2 aromatic rings. The molecule has 1 nitrogen and oxygen atoms in total. The lowest BCUT2D eigenvalue weighted by atomic mass is 9.68. The number of allylic oxidation sites excluding steroid dienone is 2. The Balaban J connectivity index is 1.14. The lowest BCUT2D eigenvalue weighted by Crippen LogP contribution is -2.25. The minimum absolute atomic E-state index is 0.0686. The fourth-order valence-electron chi connectivity index (χ4n) is 7.39. The van der Waals surface area contributed by atoms with Gasteiger partial charge in [0.15, 0.2) is 11.6 Å². The van der Waals surface area contributed by atoms with Gasteiger partial charge in [-0.15, -0.1) is 0 Å². The van der Waals surface area contributed by atoms with Crippen LogP contribution in [0, 0.1) is 29.4 Å². The van der Waals surface area contributed by atoms with E-state index in [9.17, 15) is 4.39 Å². The second-order valence-electron chi connectivity index (χ2n) is 13.2. The summed E-state index contributed by atoms with van der Waals surface area (Å²) in [5.41, 5.74) is 3.48. The quantitative estimate of drug-likeness (QED) is 0.142. The number of halogens is 2. The fraction of sp³-hybridized carbons (Fsp3) is 0.641. The highest BCUT2D eigenvalue weighted by Gasteiger charge is 2.32. The number of benzene rings is 2. The largest absolute Gasteiger partial charge is 0.490 e. The van der Waals surface area contributed by atoms with Crippen LogP contribution in [0.1, 0.15) is 139 Å². The Kier molecular flexibility index (Phi) is 13.9. The van der Waals surface area contributed by atoms with Crippen molar-refractivity contribution < 1.29 is 13.5 Å². The average molecular weight is 579 g/mol. The zero-order valence-corrected chi connectivity index (χ0v) is 26.5. The minimum Gasteiger partial charge on any atom is -0.490 e. The van der Waals surface area contributed by atoms with Crippen molar-refractivity contribution in [2.45, 2.75) is 135 Å². The van der Waals surface area contributed by atoms with Gasteiger partial charge in [0, 0.05) is 0 Å². The van der Waals surface area contributed by atoms with E-state index in [-0.39, 0.29) is 11.7 Å². The van der Waals surface area contributed by atoms with E-state index in [1.807, 2.05) is 0 Å². The molecular formula is C39H56F2O. The third-order valence-electron chi connectivity index (χ3n) is 10.1. The molecule has 0 amide bonds. The molecular weight excluding hydrogens is 522 g/mol. The zero-order valence-electron chi connectivity index (χ0n) is 26.5. The first-order valence-corrected chi connectivity index (χ1v) is 17.4. The molecule has 0 aromatic heterocycles. The molecule has 0 unspecified atom stereocenters.